The Morgan fingerprint density at radius 3 is 2.73 bits per heavy atom. The number of rotatable bonds is 4. The summed E-state index contributed by atoms with van der Waals surface area (Å²) in [6, 6.07) is 18.1. The Kier molecular flexibility index (Phi) is 4.75. The molecule has 2 aromatic carbocycles. The van der Waals surface area contributed by atoms with E-state index in [4.69, 9.17) is 0 Å². The lowest BCUT2D eigenvalue weighted by atomic mass is 10.0. The van der Waals surface area contributed by atoms with E-state index >= 15 is 0 Å². The van der Waals surface area contributed by atoms with Gasteiger partial charge < -0.3 is 4.90 Å². The third kappa shape index (κ3) is 3.24. The van der Waals surface area contributed by atoms with Crippen molar-refractivity contribution in [2.45, 2.75) is 30.2 Å². The van der Waals surface area contributed by atoms with E-state index in [2.05, 4.69) is 16.3 Å². The first kappa shape index (κ1) is 16.8. The van der Waals surface area contributed by atoms with Crippen LogP contribution in [0.15, 0.2) is 66.1 Å². The minimum Gasteiger partial charge on any atom is -0.311 e. The Labute approximate surface area is 157 Å². The molecule has 0 saturated carbocycles. The highest BCUT2D eigenvalue weighted by Gasteiger charge is 2.27. The molecule has 3 aromatic rings. The van der Waals surface area contributed by atoms with Crippen LogP contribution >= 0.6 is 11.8 Å². The Bertz CT molecular complexity index is 909. The van der Waals surface area contributed by atoms with Crippen LogP contribution in [0, 0.1) is 0 Å². The first-order valence-corrected chi connectivity index (χ1v) is 9.63. The van der Waals surface area contributed by atoms with E-state index in [0.29, 0.717) is 0 Å². The summed E-state index contributed by atoms with van der Waals surface area (Å²) in [7, 11) is 0. The number of carbonyl (C=O) groups excluding carboxylic acids is 1. The molecule has 1 unspecified atom stereocenters. The molecule has 0 N–H and O–H groups in total. The summed E-state index contributed by atoms with van der Waals surface area (Å²) in [4.78, 5) is 15.0. The number of aryl methyl sites for hydroxylation is 1. The normalized spacial score (nSPS) is 14.7. The van der Waals surface area contributed by atoms with Crippen LogP contribution in [0.5, 0.6) is 0 Å². The first-order chi connectivity index (χ1) is 12.7. The minimum absolute atomic E-state index is 0.116. The van der Waals surface area contributed by atoms with E-state index in [1.165, 1.54) is 17.3 Å². The molecule has 2 heterocycles. The van der Waals surface area contributed by atoms with E-state index in [9.17, 15) is 4.79 Å². The monoisotopic (exact) mass is 364 g/mol. The largest absolute Gasteiger partial charge is 0.311 e. The van der Waals surface area contributed by atoms with Gasteiger partial charge in [0.2, 0.25) is 5.91 Å². The predicted molar refractivity (Wildman–Crippen MR) is 104 cm³/mol. The maximum Gasteiger partial charge on any atom is 0.240 e. The minimum atomic E-state index is -0.243. The van der Waals surface area contributed by atoms with Crippen molar-refractivity contribution >= 4 is 23.4 Å². The lowest BCUT2D eigenvalue weighted by molar-refractivity contribution is -0.117. The number of benzene rings is 2. The van der Waals surface area contributed by atoms with Crippen molar-refractivity contribution < 1.29 is 4.79 Å². The van der Waals surface area contributed by atoms with Gasteiger partial charge in [0.25, 0.3) is 0 Å². The lowest BCUT2D eigenvalue weighted by Crippen LogP contribution is -2.40. The molecule has 1 aliphatic heterocycles. The number of fused-ring (bicyclic) bond motifs is 1. The Morgan fingerprint density at radius 1 is 1.12 bits per heavy atom. The molecular formula is C20H20N4OS. The summed E-state index contributed by atoms with van der Waals surface area (Å²) in [5.74, 6) is 0.116. The average Bonchev–Trinajstić information content (AvgIpc) is 3.15. The van der Waals surface area contributed by atoms with Gasteiger partial charge in [-0.1, -0.05) is 48.2 Å². The number of hydrogen-bond acceptors (Lipinski definition) is 4. The number of hydrogen-bond donors (Lipinski definition) is 0. The molecule has 1 atom stereocenters. The highest BCUT2D eigenvalue weighted by Crippen LogP contribution is 2.31. The smallest absolute Gasteiger partial charge is 0.240 e. The van der Waals surface area contributed by atoms with E-state index in [-0.39, 0.29) is 11.2 Å². The molecule has 0 aliphatic carbocycles. The van der Waals surface area contributed by atoms with Gasteiger partial charge in [-0.3, -0.25) is 9.36 Å². The molecule has 1 aliphatic rings. The molecular weight excluding hydrogens is 344 g/mol. The van der Waals surface area contributed by atoms with Gasteiger partial charge in [-0.15, -0.1) is 10.2 Å². The van der Waals surface area contributed by atoms with Crippen molar-refractivity contribution in [1.29, 1.82) is 0 Å². The third-order valence-electron chi connectivity index (χ3n) is 4.56. The molecule has 1 amide bonds. The Morgan fingerprint density at radius 2 is 1.88 bits per heavy atom. The molecule has 0 bridgehead atoms. The standard InChI is InChI=1S/C20H20N4OS/c1-15(19(25)23-13-7-9-16-8-5-6-12-18(16)23)26-20-22-21-14-24(20)17-10-3-2-4-11-17/h2-6,8,10-12,14-15H,7,9,13H2,1H3. The molecule has 26 heavy (non-hydrogen) atoms. The number of para-hydroxylation sites is 2. The molecule has 5 nitrogen and oxygen atoms in total. The van der Waals surface area contributed by atoms with Gasteiger partial charge in [0.1, 0.15) is 6.33 Å². The summed E-state index contributed by atoms with van der Waals surface area (Å²) in [5.41, 5.74) is 3.28. The van der Waals surface area contributed by atoms with Crippen LogP contribution in [0.3, 0.4) is 0 Å². The summed E-state index contributed by atoms with van der Waals surface area (Å²) in [6.45, 7) is 2.71. The van der Waals surface area contributed by atoms with Crippen LogP contribution in [0.1, 0.15) is 18.9 Å². The summed E-state index contributed by atoms with van der Waals surface area (Å²) >= 11 is 1.45. The maximum atomic E-state index is 13.1. The number of carbonyl (C=O) groups is 1. The Hall–Kier alpha value is -2.60. The fourth-order valence-electron chi connectivity index (χ4n) is 3.26. The molecule has 0 saturated heterocycles. The average molecular weight is 364 g/mol. The fourth-order valence-corrected chi connectivity index (χ4v) is 4.17. The van der Waals surface area contributed by atoms with Crippen LogP contribution < -0.4 is 4.90 Å². The van der Waals surface area contributed by atoms with Crippen LogP contribution in [0.4, 0.5) is 5.69 Å². The molecule has 0 fully saturated rings. The fraction of sp³-hybridized carbons (Fsp3) is 0.250. The molecule has 6 heteroatoms. The highest BCUT2D eigenvalue weighted by atomic mass is 32.2. The Balaban J connectivity index is 1.54. The number of nitrogens with zero attached hydrogens (tertiary/aromatic N) is 4. The van der Waals surface area contributed by atoms with E-state index in [1.54, 1.807) is 6.33 Å². The van der Waals surface area contributed by atoms with Crippen LogP contribution in [-0.4, -0.2) is 32.5 Å². The quantitative estimate of drug-likeness (QED) is 0.662. The van der Waals surface area contributed by atoms with Gasteiger partial charge in [-0.05, 0) is 43.5 Å². The second-order valence-electron chi connectivity index (χ2n) is 6.30. The zero-order valence-electron chi connectivity index (χ0n) is 14.6. The molecule has 0 radical (unpaired) electrons. The van der Waals surface area contributed by atoms with Gasteiger partial charge in [-0.25, -0.2) is 0 Å². The molecule has 1 aromatic heterocycles. The van der Waals surface area contributed by atoms with Crippen molar-refractivity contribution in [1.82, 2.24) is 14.8 Å². The molecule has 0 spiro atoms. The van der Waals surface area contributed by atoms with Gasteiger partial charge >= 0.3 is 0 Å². The summed E-state index contributed by atoms with van der Waals surface area (Å²) in [6.07, 6.45) is 3.72. The predicted octanol–water partition coefficient (Wildman–Crippen LogP) is 3.73. The van der Waals surface area contributed by atoms with Gasteiger partial charge in [0, 0.05) is 17.9 Å². The van der Waals surface area contributed by atoms with Crippen molar-refractivity contribution in [2.24, 2.45) is 0 Å². The third-order valence-corrected chi connectivity index (χ3v) is 5.60. The number of anilines is 1. The van der Waals surface area contributed by atoms with Gasteiger partial charge in [-0.2, -0.15) is 0 Å². The second kappa shape index (κ2) is 7.33. The van der Waals surface area contributed by atoms with Crippen LogP contribution in [0.2, 0.25) is 0 Å². The second-order valence-corrected chi connectivity index (χ2v) is 7.61. The van der Waals surface area contributed by atoms with Crippen molar-refractivity contribution in [3.63, 3.8) is 0 Å². The lowest BCUT2D eigenvalue weighted by Gasteiger charge is -2.31. The van der Waals surface area contributed by atoms with E-state index in [0.717, 1.165) is 35.9 Å². The zero-order valence-corrected chi connectivity index (χ0v) is 15.4. The SMILES string of the molecule is CC(Sc1nncn1-c1ccccc1)C(=O)N1CCCc2ccccc21. The maximum absolute atomic E-state index is 13.1. The van der Waals surface area contributed by atoms with E-state index in [1.807, 2.05) is 64.9 Å². The van der Waals surface area contributed by atoms with Crippen molar-refractivity contribution in [2.75, 3.05) is 11.4 Å². The summed E-state index contributed by atoms with van der Waals surface area (Å²) < 4.78 is 1.92. The number of amides is 1. The van der Waals surface area contributed by atoms with Crippen molar-refractivity contribution in [3.8, 4) is 5.69 Å². The summed E-state index contributed by atoms with van der Waals surface area (Å²) in [5, 5.41) is 8.72. The van der Waals surface area contributed by atoms with Crippen LogP contribution in [-0.2, 0) is 11.2 Å². The number of thioether (sulfide) groups is 1. The van der Waals surface area contributed by atoms with Gasteiger partial charge in [0.05, 0.1) is 5.25 Å². The zero-order chi connectivity index (χ0) is 17.9. The van der Waals surface area contributed by atoms with E-state index < -0.39 is 0 Å². The van der Waals surface area contributed by atoms with Crippen molar-refractivity contribution in [3.05, 3.63) is 66.5 Å². The van der Waals surface area contributed by atoms with Crippen LogP contribution in [0.25, 0.3) is 5.69 Å². The topological polar surface area (TPSA) is 51.0 Å². The van der Waals surface area contributed by atoms with Gasteiger partial charge in [0.15, 0.2) is 5.16 Å². The first-order valence-electron chi connectivity index (χ1n) is 8.75. The highest BCUT2D eigenvalue weighted by molar-refractivity contribution is 8.00. The molecule has 4 rings (SSSR count). The number of aromatic nitrogens is 3. The molecule has 132 valence electrons.